The predicted molar refractivity (Wildman–Crippen MR) is 149 cm³/mol. The number of hydrogen-bond donors (Lipinski definition) is 1. The number of rotatable bonds is 4. The van der Waals surface area contributed by atoms with Gasteiger partial charge in [-0.3, -0.25) is 10.1 Å². The van der Waals surface area contributed by atoms with Gasteiger partial charge in [-0.1, -0.05) is 57.4 Å². The lowest BCUT2D eigenvalue weighted by atomic mass is 10.0. The van der Waals surface area contributed by atoms with E-state index in [1.807, 2.05) is 56.3 Å². The second kappa shape index (κ2) is 9.36. The fourth-order valence-corrected chi connectivity index (χ4v) is 5.38. The number of fused-ring (bicyclic) bond motifs is 1. The Morgan fingerprint density at radius 2 is 1.69 bits per heavy atom. The Kier molecular flexibility index (Phi) is 6.26. The zero-order chi connectivity index (χ0) is 24.7. The van der Waals surface area contributed by atoms with Crippen molar-refractivity contribution in [3.05, 3.63) is 98.3 Å². The van der Waals surface area contributed by atoms with Gasteiger partial charge in [0, 0.05) is 25.9 Å². The number of hydrogen-bond acceptors (Lipinski definition) is 4. The molecule has 0 aliphatic heterocycles. The molecule has 0 saturated heterocycles. The molecular formula is C29H24BrN3OS. The van der Waals surface area contributed by atoms with Crippen molar-refractivity contribution in [3.8, 4) is 22.5 Å². The zero-order valence-corrected chi connectivity index (χ0v) is 22.3. The Morgan fingerprint density at radius 3 is 2.49 bits per heavy atom. The summed E-state index contributed by atoms with van der Waals surface area (Å²) < 4.78 is 0.895. The average Bonchev–Trinajstić information content (AvgIpc) is 3.19. The minimum absolute atomic E-state index is 0.203. The number of pyridine rings is 1. The molecule has 1 amide bonds. The summed E-state index contributed by atoms with van der Waals surface area (Å²) in [6, 6.07) is 22.2. The molecule has 4 nitrogen and oxygen atoms in total. The van der Waals surface area contributed by atoms with Crippen LogP contribution in [-0.2, 0) is 0 Å². The van der Waals surface area contributed by atoms with Crippen molar-refractivity contribution in [2.75, 3.05) is 5.32 Å². The highest BCUT2D eigenvalue weighted by Gasteiger charge is 2.18. The van der Waals surface area contributed by atoms with E-state index in [9.17, 15) is 4.79 Å². The molecule has 5 rings (SSSR count). The predicted octanol–water partition coefficient (Wildman–Crippen LogP) is 8.27. The van der Waals surface area contributed by atoms with E-state index in [0.29, 0.717) is 10.7 Å². The van der Waals surface area contributed by atoms with Gasteiger partial charge < -0.3 is 0 Å². The molecule has 0 fully saturated rings. The van der Waals surface area contributed by atoms with Gasteiger partial charge >= 0.3 is 0 Å². The standard InChI is InChI=1S/C29H24BrN3OS/c1-16-6-5-7-20(12-16)26-15-24(23-14-21(30)10-11-25(23)31-26)28(34)33-29-32-27(19(4)35-29)22-13-17(2)8-9-18(22)3/h5-15H,1-4H3,(H,32,33,34). The summed E-state index contributed by atoms with van der Waals surface area (Å²) in [7, 11) is 0. The van der Waals surface area contributed by atoms with E-state index in [1.165, 1.54) is 16.9 Å². The maximum atomic E-state index is 13.6. The number of carbonyl (C=O) groups is 1. The summed E-state index contributed by atoms with van der Waals surface area (Å²) in [5.74, 6) is -0.203. The van der Waals surface area contributed by atoms with Crippen LogP contribution in [0.15, 0.2) is 71.2 Å². The second-order valence-corrected chi connectivity index (χ2v) is 10.9. The second-order valence-electron chi connectivity index (χ2n) is 8.78. The number of aromatic nitrogens is 2. The van der Waals surface area contributed by atoms with Gasteiger partial charge in [-0.25, -0.2) is 9.97 Å². The number of thiazole rings is 1. The number of anilines is 1. The third-order valence-corrected chi connectivity index (χ3v) is 7.37. The number of carbonyl (C=O) groups excluding carboxylic acids is 1. The molecule has 2 aromatic heterocycles. The van der Waals surface area contributed by atoms with Crippen LogP contribution < -0.4 is 5.32 Å². The molecule has 0 radical (unpaired) electrons. The van der Waals surface area contributed by atoms with Crippen LogP contribution in [0.1, 0.15) is 31.9 Å². The topological polar surface area (TPSA) is 54.9 Å². The van der Waals surface area contributed by atoms with Gasteiger partial charge in [0.25, 0.3) is 5.91 Å². The van der Waals surface area contributed by atoms with Crippen molar-refractivity contribution >= 4 is 49.2 Å². The van der Waals surface area contributed by atoms with Gasteiger partial charge in [0.2, 0.25) is 0 Å². The molecule has 2 heterocycles. The number of nitrogens with zero attached hydrogens (tertiary/aromatic N) is 2. The van der Waals surface area contributed by atoms with Crippen LogP contribution in [0, 0.1) is 27.7 Å². The lowest BCUT2D eigenvalue weighted by Crippen LogP contribution is -2.13. The van der Waals surface area contributed by atoms with Crippen molar-refractivity contribution in [3.63, 3.8) is 0 Å². The van der Waals surface area contributed by atoms with Gasteiger partial charge in [0.1, 0.15) is 0 Å². The van der Waals surface area contributed by atoms with Gasteiger partial charge in [-0.2, -0.15) is 0 Å². The Hall–Kier alpha value is -3.35. The molecule has 0 saturated carbocycles. The van der Waals surface area contributed by atoms with E-state index in [-0.39, 0.29) is 5.91 Å². The normalized spacial score (nSPS) is 11.1. The largest absolute Gasteiger partial charge is 0.298 e. The van der Waals surface area contributed by atoms with E-state index in [1.54, 1.807) is 0 Å². The van der Waals surface area contributed by atoms with E-state index >= 15 is 0 Å². The van der Waals surface area contributed by atoms with Crippen LogP contribution in [0.5, 0.6) is 0 Å². The molecule has 0 unspecified atom stereocenters. The minimum atomic E-state index is -0.203. The zero-order valence-electron chi connectivity index (χ0n) is 19.9. The van der Waals surface area contributed by atoms with Crippen LogP contribution in [0.4, 0.5) is 5.13 Å². The lowest BCUT2D eigenvalue weighted by Gasteiger charge is -2.10. The molecule has 6 heteroatoms. The smallest absolute Gasteiger partial charge is 0.258 e. The van der Waals surface area contributed by atoms with Crippen molar-refractivity contribution in [2.45, 2.75) is 27.7 Å². The lowest BCUT2D eigenvalue weighted by molar-refractivity contribution is 0.102. The van der Waals surface area contributed by atoms with Crippen LogP contribution in [-0.4, -0.2) is 15.9 Å². The van der Waals surface area contributed by atoms with Crippen LogP contribution >= 0.6 is 27.3 Å². The fraction of sp³-hybridized carbons (Fsp3) is 0.138. The molecule has 35 heavy (non-hydrogen) atoms. The van der Waals surface area contributed by atoms with Crippen LogP contribution in [0.2, 0.25) is 0 Å². The molecule has 0 aliphatic rings. The summed E-state index contributed by atoms with van der Waals surface area (Å²) in [5.41, 5.74) is 8.57. The Balaban J connectivity index is 1.56. The maximum absolute atomic E-state index is 13.6. The highest BCUT2D eigenvalue weighted by molar-refractivity contribution is 9.10. The molecule has 1 N–H and O–H groups in total. The number of halogens is 1. The van der Waals surface area contributed by atoms with Gasteiger partial charge in [0.15, 0.2) is 5.13 Å². The summed E-state index contributed by atoms with van der Waals surface area (Å²) in [4.78, 5) is 24.3. The van der Waals surface area contributed by atoms with Crippen molar-refractivity contribution in [2.24, 2.45) is 0 Å². The van der Waals surface area contributed by atoms with E-state index < -0.39 is 0 Å². The molecular weight excluding hydrogens is 518 g/mol. The summed E-state index contributed by atoms with van der Waals surface area (Å²) in [5, 5.41) is 4.42. The molecule has 174 valence electrons. The fourth-order valence-electron chi connectivity index (χ4n) is 4.19. The van der Waals surface area contributed by atoms with E-state index in [4.69, 9.17) is 9.97 Å². The van der Waals surface area contributed by atoms with Gasteiger partial charge in [-0.15, -0.1) is 11.3 Å². The van der Waals surface area contributed by atoms with Crippen LogP contribution in [0.3, 0.4) is 0 Å². The van der Waals surface area contributed by atoms with Gasteiger partial charge in [-0.05, 0) is 69.7 Å². The molecule has 0 atom stereocenters. The van der Waals surface area contributed by atoms with E-state index in [0.717, 1.165) is 53.9 Å². The quantitative estimate of drug-likeness (QED) is 0.249. The van der Waals surface area contributed by atoms with E-state index in [2.05, 4.69) is 59.4 Å². The summed E-state index contributed by atoms with van der Waals surface area (Å²) in [6.07, 6.45) is 0. The molecule has 0 spiro atoms. The van der Waals surface area contributed by atoms with Crippen molar-refractivity contribution < 1.29 is 4.79 Å². The average molecular weight is 543 g/mol. The summed E-state index contributed by atoms with van der Waals surface area (Å²) in [6.45, 7) is 8.25. The first-order valence-corrected chi connectivity index (χ1v) is 12.9. The first-order valence-electron chi connectivity index (χ1n) is 11.3. The number of aryl methyl sites for hydroxylation is 4. The Bertz CT molecular complexity index is 1610. The third kappa shape index (κ3) is 4.77. The molecule has 3 aromatic carbocycles. The monoisotopic (exact) mass is 541 g/mol. The number of amides is 1. The first-order chi connectivity index (χ1) is 16.8. The number of nitrogens with one attached hydrogen (secondary N) is 1. The number of benzene rings is 3. The third-order valence-electron chi connectivity index (χ3n) is 5.99. The van der Waals surface area contributed by atoms with Gasteiger partial charge in [0.05, 0.1) is 22.5 Å². The SMILES string of the molecule is Cc1cccc(-c2cc(C(=O)Nc3nc(-c4cc(C)ccc4C)c(C)s3)c3cc(Br)ccc3n2)c1. The Labute approximate surface area is 217 Å². The van der Waals surface area contributed by atoms with Crippen molar-refractivity contribution in [1.29, 1.82) is 0 Å². The molecule has 5 aromatic rings. The first kappa shape index (κ1) is 23.4. The molecule has 0 bridgehead atoms. The van der Waals surface area contributed by atoms with Crippen LogP contribution in [0.25, 0.3) is 33.4 Å². The minimum Gasteiger partial charge on any atom is -0.298 e. The van der Waals surface area contributed by atoms with Crippen molar-refractivity contribution in [1.82, 2.24) is 9.97 Å². The molecule has 0 aliphatic carbocycles. The highest BCUT2D eigenvalue weighted by Crippen LogP contribution is 2.34. The maximum Gasteiger partial charge on any atom is 0.258 e. The summed E-state index contributed by atoms with van der Waals surface area (Å²) >= 11 is 5.03. The Morgan fingerprint density at radius 1 is 0.886 bits per heavy atom. The highest BCUT2D eigenvalue weighted by atomic mass is 79.9.